The van der Waals surface area contributed by atoms with Crippen LogP contribution in [0.2, 0.25) is 0 Å². The third kappa shape index (κ3) is 3.39. The Morgan fingerprint density at radius 2 is 1.82 bits per heavy atom. The molecule has 1 N–H and O–H groups in total. The van der Waals surface area contributed by atoms with Gasteiger partial charge in [0.05, 0.1) is 0 Å². The summed E-state index contributed by atoms with van der Waals surface area (Å²) in [5, 5.41) is 2.70. The van der Waals surface area contributed by atoms with E-state index in [1.807, 2.05) is 0 Å². The molecule has 1 aliphatic rings. The number of rotatable bonds is 3. The Balaban J connectivity index is 1.73. The molecule has 2 heterocycles. The summed E-state index contributed by atoms with van der Waals surface area (Å²) < 4.78 is 12.9. The maximum Gasteiger partial charge on any atom is 0.274 e. The van der Waals surface area contributed by atoms with Gasteiger partial charge < -0.3 is 10.2 Å². The van der Waals surface area contributed by atoms with E-state index in [0.29, 0.717) is 17.3 Å². The molecule has 114 valence electrons. The van der Waals surface area contributed by atoms with Gasteiger partial charge in [0.25, 0.3) is 5.91 Å². The molecule has 0 spiro atoms. The van der Waals surface area contributed by atoms with Crippen LogP contribution in [0.15, 0.2) is 36.5 Å². The fourth-order valence-corrected chi connectivity index (χ4v) is 2.45. The minimum Gasteiger partial charge on any atom is -0.341 e. The standard InChI is InChI=1S/C16H17FN4O/c17-12-4-6-13(7-5-12)19-15(22)14-8-9-18-16(20-14)21-10-2-1-3-11-21/h4-9H,1-3,10-11H2,(H,19,22). The van der Waals surface area contributed by atoms with Gasteiger partial charge in [0.1, 0.15) is 11.5 Å². The molecule has 1 fully saturated rings. The molecular weight excluding hydrogens is 283 g/mol. The molecule has 1 aromatic carbocycles. The minimum absolute atomic E-state index is 0.305. The molecule has 22 heavy (non-hydrogen) atoms. The van der Waals surface area contributed by atoms with Gasteiger partial charge in [-0.25, -0.2) is 14.4 Å². The zero-order chi connectivity index (χ0) is 15.4. The average molecular weight is 300 g/mol. The Morgan fingerprint density at radius 1 is 1.09 bits per heavy atom. The van der Waals surface area contributed by atoms with Crippen LogP contribution < -0.4 is 10.2 Å². The Morgan fingerprint density at radius 3 is 2.55 bits per heavy atom. The predicted molar refractivity (Wildman–Crippen MR) is 82.4 cm³/mol. The number of carbonyl (C=O) groups is 1. The number of benzene rings is 1. The number of carbonyl (C=O) groups excluding carboxylic acids is 1. The van der Waals surface area contributed by atoms with Gasteiger partial charge in [-0.3, -0.25) is 4.79 Å². The quantitative estimate of drug-likeness (QED) is 0.947. The molecule has 3 rings (SSSR count). The largest absolute Gasteiger partial charge is 0.341 e. The summed E-state index contributed by atoms with van der Waals surface area (Å²) in [6.07, 6.45) is 5.06. The van der Waals surface area contributed by atoms with Gasteiger partial charge in [-0.1, -0.05) is 0 Å². The van der Waals surface area contributed by atoms with Gasteiger partial charge in [-0.2, -0.15) is 0 Å². The van der Waals surface area contributed by atoms with Crippen molar-refractivity contribution >= 4 is 17.5 Å². The van der Waals surface area contributed by atoms with Gasteiger partial charge >= 0.3 is 0 Å². The number of nitrogens with zero attached hydrogens (tertiary/aromatic N) is 3. The SMILES string of the molecule is O=C(Nc1ccc(F)cc1)c1ccnc(N2CCCCC2)n1. The van der Waals surface area contributed by atoms with E-state index in [9.17, 15) is 9.18 Å². The molecule has 0 radical (unpaired) electrons. The van der Waals surface area contributed by atoms with Crippen LogP contribution in [0.3, 0.4) is 0 Å². The molecule has 2 aromatic rings. The fraction of sp³-hybridized carbons (Fsp3) is 0.312. The summed E-state index contributed by atoms with van der Waals surface area (Å²) in [6.45, 7) is 1.84. The third-order valence-electron chi connectivity index (χ3n) is 3.62. The molecule has 0 aliphatic carbocycles. The maximum atomic E-state index is 12.9. The first-order valence-electron chi connectivity index (χ1n) is 7.37. The number of halogens is 1. The lowest BCUT2D eigenvalue weighted by Crippen LogP contribution is -2.31. The van der Waals surface area contributed by atoms with Crippen molar-refractivity contribution in [1.82, 2.24) is 9.97 Å². The third-order valence-corrected chi connectivity index (χ3v) is 3.62. The molecule has 5 nitrogen and oxygen atoms in total. The van der Waals surface area contributed by atoms with Crippen LogP contribution in [-0.2, 0) is 0 Å². The lowest BCUT2D eigenvalue weighted by Gasteiger charge is -2.26. The Bertz CT molecular complexity index is 653. The average Bonchev–Trinajstić information content (AvgIpc) is 2.58. The number of anilines is 2. The van der Waals surface area contributed by atoms with Crippen LogP contribution in [0.25, 0.3) is 0 Å². The number of hydrogen-bond donors (Lipinski definition) is 1. The smallest absolute Gasteiger partial charge is 0.274 e. The lowest BCUT2D eigenvalue weighted by atomic mass is 10.1. The van der Waals surface area contributed by atoms with E-state index >= 15 is 0 Å². The van der Waals surface area contributed by atoms with E-state index in [4.69, 9.17) is 0 Å². The van der Waals surface area contributed by atoms with Crippen LogP contribution in [0.5, 0.6) is 0 Å². The summed E-state index contributed by atoms with van der Waals surface area (Å²) in [7, 11) is 0. The van der Waals surface area contributed by atoms with Gasteiger partial charge in [0.2, 0.25) is 5.95 Å². The second kappa shape index (κ2) is 6.51. The Hall–Kier alpha value is -2.50. The second-order valence-corrected chi connectivity index (χ2v) is 5.25. The zero-order valence-electron chi connectivity index (χ0n) is 12.1. The first kappa shape index (κ1) is 14.4. The molecule has 1 saturated heterocycles. The molecule has 1 aliphatic heterocycles. The van der Waals surface area contributed by atoms with Crippen molar-refractivity contribution in [1.29, 1.82) is 0 Å². The van der Waals surface area contributed by atoms with Crippen molar-refractivity contribution in [2.75, 3.05) is 23.3 Å². The molecule has 0 unspecified atom stereocenters. The summed E-state index contributed by atoms with van der Waals surface area (Å²) >= 11 is 0. The van der Waals surface area contributed by atoms with Crippen molar-refractivity contribution in [2.24, 2.45) is 0 Å². The molecule has 0 bridgehead atoms. The van der Waals surface area contributed by atoms with Gasteiger partial charge in [-0.05, 0) is 49.6 Å². The fourth-order valence-electron chi connectivity index (χ4n) is 2.45. The zero-order valence-corrected chi connectivity index (χ0v) is 12.1. The maximum absolute atomic E-state index is 12.9. The summed E-state index contributed by atoms with van der Waals surface area (Å²) in [4.78, 5) is 22.9. The number of aromatic nitrogens is 2. The van der Waals surface area contributed by atoms with E-state index < -0.39 is 0 Å². The highest BCUT2D eigenvalue weighted by Gasteiger charge is 2.16. The molecular formula is C16H17FN4O. The summed E-state index contributed by atoms with van der Waals surface area (Å²) in [5.41, 5.74) is 0.837. The van der Waals surface area contributed by atoms with E-state index in [1.165, 1.54) is 30.7 Å². The van der Waals surface area contributed by atoms with Crippen molar-refractivity contribution in [3.8, 4) is 0 Å². The monoisotopic (exact) mass is 300 g/mol. The lowest BCUT2D eigenvalue weighted by molar-refractivity contribution is 0.102. The molecule has 0 saturated carbocycles. The van der Waals surface area contributed by atoms with E-state index in [0.717, 1.165) is 25.9 Å². The molecule has 1 aromatic heterocycles. The highest BCUT2D eigenvalue weighted by Crippen LogP contribution is 2.16. The molecule has 0 atom stereocenters. The predicted octanol–water partition coefficient (Wildman–Crippen LogP) is 2.86. The second-order valence-electron chi connectivity index (χ2n) is 5.25. The van der Waals surface area contributed by atoms with Gasteiger partial charge in [0.15, 0.2) is 0 Å². The number of piperidine rings is 1. The normalized spacial score (nSPS) is 14.7. The Labute approximate surface area is 128 Å². The van der Waals surface area contributed by atoms with Crippen LogP contribution in [-0.4, -0.2) is 29.0 Å². The van der Waals surface area contributed by atoms with Gasteiger partial charge in [-0.15, -0.1) is 0 Å². The number of nitrogens with one attached hydrogen (secondary N) is 1. The first-order valence-corrected chi connectivity index (χ1v) is 7.37. The molecule has 6 heteroatoms. The number of hydrogen-bond acceptors (Lipinski definition) is 4. The van der Waals surface area contributed by atoms with E-state index in [-0.39, 0.29) is 11.7 Å². The van der Waals surface area contributed by atoms with Crippen LogP contribution in [0.4, 0.5) is 16.0 Å². The van der Waals surface area contributed by atoms with Crippen molar-refractivity contribution in [3.05, 3.63) is 48.0 Å². The van der Waals surface area contributed by atoms with Crippen molar-refractivity contribution in [2.45, 2.75) is 19.3 Å². The van der Waals surface area contributed by atoms with E-state index in [2.05, 4.69) is 20.2 Å². The highest BCUT2D eigenvalue weighted by molar-refractivity contribution is 6.02. The summed E-state index contributed by atoms with van der Waals surface area (Å²) in [5.74, 6) is -0.0776. The Kier molecular flexibility index (Phi) is 4.27. The highest BCUT2D eigenvalue weighted by atomic mass is 19.1. The van der Waals surface area contributed by atoms with Crippen LogP contribution >= 0.6 is 0 Å². The van der Waals surface area contributed by atoms with Crippen LogP contribution in [0, 0.1) is 5.82 Å². The summed E-state index contributed by atoms with van der Waals surface area (Å²) in [6, 6.07) is 7.20. The van der Waals surface area contributed by atoms with Crippen LogP contribution in [0.1, 0.15) is 29.8 Å². The first-order chi connectivity index (χ1) is 10.7. The minimum atomic E-state index is -0.340. The van der Waals surface area contributed by atoms with Crippen molar-refractivity contribution in [3.63, 3.8) is 0 Å². The number of amides is 1. The van der Waals surface area contributed by atoms with Gasteiger partial charge in [0, 0.05) is 25.0 Å². The van der Waals surface area contributed by atoms with Crippen molar-refractivity contribution < 1.29 is 9.18 Å². The molecule has 1 amide bonds. The van der Waals surface area contributed by atoms with E-state index in [1.54, 1.807) is 12.3 Å². The topological polar surface area (TPSA) is 58.1 Å².